The van der Waals surface area contributed by atoms with Crippen LogP contribution < -0.4 is 10.6 Å². The Morgan fingerprint density at radius 2 is 1.21 bits per heavy atom. The Kier molecular flexibility index (Phi) is 11.4. The van der Waals surface area contributed by atoms with Gasteiger partial charge in [-0.3, -0.25) is 14.5 Å². The van der Waals surface area contributed by atoms with Crippen LogP contribution in [0.5, 0.6) is 0 Å². The molecule has 2 aromatic heterocycles. The van der Waals surface area contributed by atoms with Crippen molar-refractivity contribution in [3.05, 3.63) is 71.6 Å². The number of hydrogen-bond donors (Lipinski definition) is 5. The lowest BCUT2D eigenvalue weighted by atomic mass is 9.93. The summed E-state index contributed by atoms with van der Waals surface area (Å²) < 4.78 is 4.78. The fourth-order valence-electron chi connectivity index (χ4n) is 8.59. The van der Waals surface area contributed by atoms with Crippen molar-refractivity contribution in [2.75, 3.05) is 27.2 Å². The van der Waals surface area contributed by atoms with E-state index >= 15 is 0 Å². The average Bonchev–Trinajstić information content (AvgIpc) is 4.01. The predicted octanol–water partition coefficient (Wildman–Crippen LogP) is 6.08. The summed E-state index contributed by atoms with van der Waals surface area (Å²) >= 11 is 0. The molecule has 4 aromatic rings. The normalized spacial score (nSPS) is 19.2. The Hall–Kier alpha value is -5.70. The van der Waals surface area contributed by atoms with Crippen LogP contribution in [0, 0.1) is 11.8 Å². The number of amides is 4. The molecular formula is C42H53N9O6. The van der Waals surface area contributed by atoms with Gasteiger partial charge >= 0.3 is 12.2 Å². The number of benzene rings is 2. The van der Waals surface area contributed by atoms with Gasteiger partial charge in [-0.2, -0.15) is 0 Å². The number of aromatic amines is 2. The van der Waals surface area contributed by atoms with Gasteiger partial charge in [0, 0.05) is 26.2 Å². The Morgan fingerprint density at radius 3 is 1.63 bits per heavy atom. The van der Waals surface area contributed by atoms with Crippen LogP contribution in [-0.2, 0) is 27.4 Å². The van der Waals surface area contributed by atoms with Crippen molar-refractivity contribution in [1.82, 2.24) is 45.3 Å². The molecule has 7 rings (SSSR count). The van der Waals surface area contributed by atoms with Crippen molar-refractivity contribution in [1.29, 1.82) is 0 Å². The van der Waals surface area contributed by atoms with E-state index in [1.165, 1.54) is 18.2 Å². The molecule has 3 aliphatic rings. The van der Waals surface area contributed by atoms with E-state index in [9.17, 15) is 24.3 Å². The first-order valence-corrected chi connectivity index (χ1v) is 19.8. The second kappa shape index (κ2) is 16.4. The van der Waals surface area contributed by atoms with Crippen LogP contribution in [-0.4, -0.2) is 103 Å². The van der Waals surface area contributed by atoms with Gasteiger partial charge in [-0.25, -0.2) is 19.6 Å². The minimum atomic E-state index is -1.21. The molecule has 2 aromatic carbocycles. The number of nitrogens with one attached hydrogen (secondary N) is 4. The van der Waals surface area contributed by atoms with E-state index in [0.29, 0.717) is 18.9 Å². The predicted molar refractivity (Wildman–Crippen MR) is 214 cm³/mol. The summed E-state index contributed by atoms with van der Waals surface area (Å²) in [5, 5.41) is 14.5. The van der Waals surface area contributed by atoms with Crippen molar-refractivity contribution in [2.24, 2.45) is 11.8 Å². The summed E-state index contributed by atoms with van der Waals surface area (Å²) in [5.41, 5.74) is 8.43. The Balaban J connectivity index is 1.10. The number of carbonyl (C=O) groups is 4. The van der Waals surface area contributed by atoms with E-state index in [2.05, 4.69) is 68.9 Å². The van der Waals surface area contributed by atoms with E-state index in [4.69, 9.17) is 14.7 Å². The number of likely N-dealkylation sites (tertiary alicyclic amines) is 2. The van der Waals surface area contributed by atoms with Gasteiger partial charge in [-0.1, -0.05) is 52.0 Å². The maximum Gasteiger partial charge on any atom is 0.407 e. The molecule has 0 saturated carbocycles. The topological polar surface area (TPSA) is 189 Å². The number of carbonyl (C=O) groups excluding carboxylic acids is 3. The monoisotopic (exact) mass is 779 g/mol. The van der Waals surface area contributed by atoms with E-state index in [-0.39, 0.29) is 35.7 Å². The summed E-state index contributed by atoms with van der Waals surface area (Å²) in [6.45, 7) is 10.1. The SMILES string of the molecule is COC(=O)N[C@H](C(=O)N1CCC[C@H]1c1ncc(-c2ccc3c(c2)CN(C)Cc2cc(-c4cnc([C@@H]5CCCN5C(=O)[C@@H](NC(=O)O)C(C)C)[nH]4)ccc2-3)[nH]1)C(C)C. The van der Waals surface area contributed by atoms with Crippen LogP contribution in [0.4, 0.5) is 9.59 Å². The van der Waals surface area contributed by atoms with Crippen LogP contribution >= 0.6 is 0 Å². The van der Waals surface area contributed by atoms with E-state index in [1.807, 2.05) is 45.0 Å². The number of H-pyrrole nitrogens is 2. The van der Waals surface area contributed by atoms with Gasteiger partial charge in [0.1, 0.15) is 23.7 Å². The maximum absolute atomic E-state index is 13.7. The largest absolute Gasteiger partial charge is 0.465 e. The molecule has 0 unspecified atom stereocenters. The van der Waals surface area contributed by atoms with Gasteiger partial charge in [0.15, 0.2) is 0 Å². The number of alkyl carbamates (subject to hydrolysis) is 1. The third-order valence-electron chi connectivity index (χ3n) is 11.5. The number of hydrogen-bond acceptors (Lipinski definition) is 8. The number of methoxy groups -OCH3 is 1. The highest BCUT2D eigenvalue weighted by atomic mass is 16.5. The molecule has 0 bridgehead atoms. The van der Waals surface area contributed by atoms with Gasteiger partial charge in [0.25, 0.3) is 0 Å². The number of fused-ring (bicyclic) bond motifs is 3. The molecule has 4 amide bonds. The lowest BCUT2D eigenvalue weighted by Gasteiger charge is -2.30. The van der Waals surface area contributed by atoms with Crippen LogP contribution in [0.1, 0.15) is 88.2 Å². The second-order valence-corrected chi connectivity index (χ2v) is 16.2. The second-order valence-electron chi connectivity index (χ2n) is 16.2. The van der Waals surface area contributed by atoms with Crippen LogP contribution in [0.25, 0.3) is 33.6 Å². The third kappa shape index (κ3) is 8.11. The molecule has 0 radical (unpaired) electrons. The smallest absolute Gasteiger partial charge is 0.407 e. The molecule has 3 aliphatic heterocycles. The van der Waals surface area contributed by atoms with Crippen LogP contribution in [0.3, 0.4) is 0 Å². The standard InChI is InChI=1S/C42H53N9O6/c1-23(2)35(47-41(54)55)39(52)50-15-7-9-33(50)37-43-19-31(45-37)25-11-13-29-27(17-25)21-49(5)22-28-18-26(12-14-30(28)29)32-20-44-38(46-32)34-10-8-16-51(34)40(53)36(24(3)4)48-42(56)57-6/h11-14,17-20,23-24,33-36,47H,7-10,15-16,21-22H2,1-6H3,(H,43,45)(H,44,46)(H,48,56)(H,54,55)/t33-,34-,35-,36-/m0/s1. The first kappa shape index (κ1) is 39.5. The minimum absolute atomic E-state index is 0.112. The Bertz CT molecular complexity index is 2140. The molecule has 2 saturated heterocycles. The van der Waals surface area contributed by atoms with Crippen molar-refractivity contribution < 1.29 is 29.0 Å². The van der Waals surface area contributed by atoms with Gasteiger partial charge in [0.05, 0.1) is 43.0 Å². The van der Waals surface area contributed by atoms with Gasteiger partial charge in [-0.05, 0) is 90.1 Å². The van der Waals surface area contributed by atoms with Crippen molar-refractivity contribution >= 4 is 24.0 Å². The fourth-order valence-corrected chi connectivity index (χ4v) is 8.59. The van der Waals surface area contributed by atoms with Gasteiger partial charge in [-0.15, -0.1) is 0 Å². The average molecular weight is 780 g/mol. The number of ether oxygens (including phenoxy) is 1. The fraction of sp³-hybridized carbons (Fsp3) is 0.476. The van der Waals surface area contributed by atoms with Crippen molar-refractivity contribution in [3.8, 4) is 33.6 Å². The minimum Gasteiger partial charge on any atom is -0.465 e. The zero-order valence-electron chi connectivity index (χ0n) is 33.5. The molecule has 5 N–H and O–H groups in total. The molecule has 4 atom stereocenters. The van der Waals surface area contributed by atoms with E-state index < -0.39 is 24.3 Å². The number of imidazole rings is 2. The van der Waals surface area contributed by atoms with Crippen LogP contribution in [0.2, 0.25) is 0 Å². The first-order valence-electron chi connectivity index (χ1n) is 19.8. The van der Waals surface area contributed by atoms with Crippen LogP contribution in [0.15, 0.2) is 48.8 Å². The van der Waals surface area contributed by atoms with Gasteiger partial charge in [0.2, 0.25) is 11.8 Å². The van der Waals surface area contributed by atoms with E-state index in [1.54, 1.807) is 4.90 Å². The van der Waals surface area contributed by atoms with Crippen molar-refractivity contribution in [2.45, 2.75) is 90.6 Å². The van der Waals surface area contributed by atoms with Gasteiger partial charge < -0.3 is 40.2 Å². The molecule has 302 valence electrons. The highest BCUT2D eigenvalue weighted by molar-refractivity contribution is 5.87. The first-order chi connectivity index (χ1) is 27.3. The number of nitrogens with zero attached hydrogens (tertiary/aromatic N) is 5. The van der Waals surface area contributed by atoms with Crippen molar-refractivity contribution in [3.63, 3.8) is 0 Å². The summed E-state index contributed by atoms with van der Waals surface area (Å²) in [6, 6.07) is 11.0. The number of rotatable bonds is 10. The zero-order valence-corrected chi connectivity index (χ0v) is 33.5. The third-order valence-corrected chi connectivity index (χ3v) is 11.5. The summed E-state index contributed by atoms with van der Waals surface area (Å²) in [6.07, 6.45) is 4.99. The highest BCUT2D eigenvalue weighted by Gasteiger charge is 2.39. The summed E-state index contributed by atoms with van der Waals surface area (Å²) in [5.74, 6) is 0.754. The highest BCUT2D eigenvalue weighted by Crippen LogP contribution is 2.39. The lowest BCUT2D eigenvalue weighted by molar-refractivity contribution is -0.136. The zero-order chi connectivity index (χ0) is 40.5. The molecule has 5 heterocycles. The molecule has 57 heavy (non-hydrogen) atoms. The molecule has 0 aliphatic carbocycles. The molecule has 15 heteroatoms. The number of aromatic nitrogens is 4. The molecule has 0 spiro atoms. The summed E-state index contributed by atoms with van der Waals surface area (Å²) in [7, 11) is 3.40. The molecule has 15 nitrogen and oxygen atoms in total. The number of carboxylic acid groups (broad SMARTS) is 1. The molecule has 2 fully saturated rings. The Labute approximate surface area is 332 Å². The summed E-state index contributed by atoms with van der Waals surface area (Å²) in [4.78, 5) is 72.9. The molecular weight excluding hydrogens is 727 g/mol. The lowest BCUT2D eigenvalue weighted by Crippen LogP contribution is -2.51. The maximum atomic E-state index is 13.7. The quantitative estimate of drug-likeness (QED) is 0.127. The Morgan fingerprint density at radius 1 is 0.754 bits per heavy atom. The van der Waals surface area contributed by atoms with E-state index in [0.717, 1.165) is 78.2 Å².